The molecular formula is C11H8N4O2. The van der Waals surface area contributed by atoms with E-state index in [2.05, 4.69) is 15.5 Å². The molecule has 84 valence electrons. The van der Waals surface area contributed by atoms with Crippen molar-refractivity contribution in [3.63, 3.8) is 0 Å². The standard InChI is InChI=1S/C11H8N4O2/c16-11(9-2-1-5-17-9)13-8-3-4-10-14-12-7-15(10)6-8/h1-7H,(H,13,16). The van der Waals surface area contributed by atoms with Gasteiger partial charge < -0.3 is 9.73 Å². The molecule has 17 heavy (non-hydrogen) atoms. The van der Waals surface area contributed by atoms with Gasteiger partial charge in [-0.2, -0.15) is 0 Å². The maximum Gasteiger partial charge on any atom is 0.291 e. The van der Waals surface area contributed by atoms with Gasteiger partial charge in [0.2, 0.25) is 0 Å². The Labute approximate surface area is 95.9 Å². The molecule has 0 fully saturated rings. The van der Waals surface area contributed by atoms with E-state index in [1.807, 2.05) is 0 Å². The van der Waals surface area contributed by atoms with Crippen molar-refractivity contribution in [3.8, 4) is 0 Å². The fourth-order valence-corrected chi connectivity index (χ4v) is 1.50. The highest BCUT2D eigenvalue weighted by Crippen LogP contribution is 2.11. The van der Waals surface area contributed by atoms with Gasteiger partial charge in [-0.05, 0) is 24.3 Å². The zero-order valence-electron chi connectivity index (χ0n) is 8.70. The number of hydrogen-bond acceptors (Lipinski definition) is 4. The molecule has 0 saturated heterocycles. The fourth-order valence-electron chi connectivity index (χ4n) is 1.50. The number of carbonyl (C=O) groups excluding carboxylic acids is 1. The van der Waals surface area contributed by atoms with Crippen LogP contribution in [0.4, 0.5) is 5.69 Å². The third kappa shape index (κ3) is 1.76. The van der Waals surface area contributed by atoms with Crippen molar-refractivity contribution >= 4 is 17.2 Å². The van der Waals surface area contributed by atoms with Crippen LogP contribution in [0.1, 0.15) is 10.6 Å². The van der Waals surface area contributed by atoms with E-state index < -0.39 is 0 Å². The van der Waals surface area contributed by atoms with Crippen molar-refractivity contribution < 1.29 is 9.21 Å². The minimum absolute atomic E-state index is 0.272. The lowest BCUT2D eigenvalue weighted by Crippen LogP contribution is -2.11. The topological polar surface area (TPSA) is 72.4 Å². The lowest BCUT2D eigenvalue weighted by molar-refractivity contribution is 0.0996. The molecule has 3 aromatic heterocycles. The third-order valence-corrected chi connectivity index (χ3v) is 2.29. The van der Waals surface area contributed by atoms with Crippen LogP contribution < -0.4 is 5.32 Å². The third-order valence-electron chi connectivity index (χ3n) is 2.29. The second-order valence-corrected chi connectivity index (χ2v) is 3.45. The van der Waals surface area contributed by atoms with Crippen molar-refractivity contribution in [3.05, 3.63) is 48.8 Å². The predicted molar refractivity (Wildman–Crippen MR) is 59.6 cm³/mol. The summed E-state index contributed by atoms with van der Waals surface area (Å²) in [5.74, 6) is -0.0173. The van der Waals surface area contributed by atoms with Gasteiger partial charge in [-0.25, -0.2) is 0 Å². The number of hydrogen-bond donors (Lipinski definition) is 1. The molecule has 0 aliphatic carbocycles. The first-order valence-corrected chi connectivity index (χ1v) is 4.97. The second kappa shape index (κ2) is 3.75. The van der Waals surface area contributed by atoms with Crippen LogP contribution in [0.25, 0.3) is 5.65 Å². The van der Waals surface area contributed by atoms with E-state index in [1.165, 1.54) is 6.26 Å². The quantitative estimate of drug-likeness (QED) is 0.722. The Balaban J connectivity index is 1.87. The molecule has 0 radical (unpaired) electrons. The van der Waals surface area contributed by atoms with Crippen LogP contribution in [-0.4, -0.2) is 20.5 Å². The summed E-state index contributed by atoms with van der Waals surface area (Å²) in [4.78, 5) is 11.7. The van der Waals surface area contributed by atoms with E-state index in [1.54, 1.807) is 41.2 Å². The van der Waals surface area contributed by atoms with Gasteiger partial charge in [-0.15, -0.1) is 10.2 Å². The predicted octanol–water partition coefficient (Wildman–Crippen LogP) is 1.57. The second-order valence-electron chi connectivity index (χ2n) is 3.45. The van der Waals surface area contributed by atoms with Crippen molar-refractivity contribution in [2.24, 2.45) is 0 Å². The number of nitrogens with zero attached hydrogens (tertiary/aromatic N) is 3. The number of amides is 1. The Kier molecular flexibility index (Phi) is 2.11. The highest BCUT2D eigenvalue weighted by atomic mass is 16.3. The normalized spacial score (nSPS) is 10.6. The van der Waals surface area contributed by atoms with E-state index in [0.717, 1.165) is 5.65 Å². The largest absolute Gasteiger partial charge is 0.459 e. The van der Waals surface area contributed by atoms with E-state index in [4.69, 9.17) is 4.42 Å². The molecule has 0 saturated carbocycles. The highest BCUT2D eigenvalue weighted by molar-refractivity contribution is 6.02. The zero-order chi connectivity index (χ0) is 11.7. The number of pyridine rings is 1. The number of nitrogens with one attached hydrogen (secondary N) is 1. The molecule has 0 aliphatic rings. The van der Waals surface area contributed by atoms with Gasteiger partial charge in [0.1, 0.15) is 6.33 Å². The number of furan rings is 1. The van der Waals surface area contributed by atoms with E-state index >= 15 is 0 Å². The van der Waals surface area contributed by atoms with E-state index in [9.17, 15) is 4.79 Å². The van der Waals surface area contributed by atoms with Gasteiger partial charge in [-0.1, -0.05) is 0 Å². The molecule has 6 heteroatoms. The van der Waals surface area contributed by atoms with Crippen molar-refractivity contribution in [1.82, 2.24) is 14.6 Å². The van der Waals surface area contributed by atoms with Crippen molar-refractivity contribution in [2.75, 3.05) is 5.32 Å². The number of carbonyl (C=O) groups is 1. The molecule has 0 aliphatic heterocycles. The Bertz CT molecular complexity index is 657. The number of anilines is 1. The summed E-state index contributed by atoms with van der Waals surface area (Å²) in [6.07, 6.45) is 4.76. The molecule has 0 spiro atoms. The Morgan fingerprint density at radius 2 is 2.29 bits per heavy atom. The summed E-state index contributed by atoms with van der Waals surface area (Å²) in [5.41, 5.74) is 1.37. The first kappa shape index (κ1) is 9.59. The molecule has 3 heterocycles. The summed E-state index contributed by atoms with van der Waals surface area (Å²) in [7, 11) is 0. The van der Waals surface area contributed by atoms with Crippen LogP contribution in [0, 0.1) is 0 Å². The summed E-state index contributed by atoms with van der Waals surface area (Å²) >= 11 is 0. The minimum atomic E-state index is -0.289. The first-order chi connectivity index (χ1) is 8.33. The average molecular weight is 228 g/mol. The van der Waals surface area contributed by atoms with E-state index in [-0.39, 0.29) is 11.7 Å². The highest BCUT2D eigenvalue weighted by Gasteiger charge is 2.08. The van der Waals surface area contributed by atoms with Crippen LogP contribution in [0.15, 0.2) is 47.5 Å². The van der Waals surface area contributed by atoms with Gasteiger partial charge in [0.25, 0.3) is 5.91 Å². The number of fused-ring (bicyclic) bond motifs is 1. The minimum Gasteiger partial charge on any atom is -0.459 e. The molecule has 0 unspecified atom stereocenters. The lowest BCUT2D eigenvalue weighted by atomic mass is 10.3. The Morgan fingerprint density at radius 3 is 3.12 bits per heavy atom. The smallest absolute Gasteiger partial charge is 0.291 e. The average Bonchev–Trinajstić information content (AvgIpc) is 2.99. The molecule has 1 N–H and O–H groups in total. The first-order valence-electron chi connectivity index (χ1n) is 4.97. The van der Waals surface area contributed by atoms with Gasteiger partial charge in [0.15, 0.2) is 11.4 Å². The van der Waals surface area contributed by atoms with Crippen LogP contribution >= 0.6 is 0 Å². The van der Waals surface area contributed by atoms with E-state index in [0.29, 0.717) is 5.69 Å². The van der Waals surface area contributed by atoms with Crippen LogP contribution in [0.3, 0.4) is 0 Å². The van der Waals surface area contributed by atoms with Gasteiger partial charge >= 0.3 is 0 Å². The maximum absolute atomic E-state index is 11.7. The van der Waals surface area contributed by atoms with Crippen molar-refractivity contribution in [1.29, 1.82) is 0 Å². The van der Waals surface area contributed by atoms with Crippen LogP contribution in [-0.2, 0) is 0 Å². The molecule has 0 atom stereocenters. The van der Waals surface area contributed by atoms with Gasteiger partial charge in [0, 0.05) is 6.20 Å². The van der Waals surface area contributed by atoms with Gasteiger partial charge in [0.05, 0.1) is 12.0 Å². The maximum atomic E-state index is 11.7. The monoisotopic (exact) mass is 228 g/mol. The van der Waals surface area contributed by atoms with Gasteiger partial charge in [-0.3, -0.25) is 9.20 Å². The SMILES string of the molecule is O=C(Nc1ccc2nncn2c1)c1ccco1. The van der Waals surface area contributed by atoms with Crippen molar-refractivity contribution in [2.45, 2.75) is 0 Å². The molecule has 6 nitrogen and oxygen atoms in total. The lowest BCUT2D eigenvalue weighted by Gasteiger charge is -2.03. The molecular weight excluding hydrogens is 220 g/mol. The summed E-state index contributed by atoms with van der Waals surface area (Å²) in [5, 5.41) is 10.3. The summed E-state index contributed by atoms with van der Waals surface area (Å²) in [6.45, 7) is 0. The zero-order valence-corrected chi connectivity index (χ0v) is 8.70. The molecule has 1 amide bonds. The molecule has 0 bridgehead atoms. The number of aromatic nitrogens is 3. The van der Waals surface area contributed by atoms with Crippen LogP contribution in [0.5, 0.6) is 0 Å². The van der Waals surface area contributed by atoms with Crippen LogP contribution in [0.2, 0.25) is 0 Å². The molecule has 0 aromatic carbocycles. The summed E-state index contributed by atoms with van der Waals surface area (Å²) in [6, 6.07) is 6.79. The summed E-state index contributed by atoms with van der Waals surface area (Å²) < 4.78 is 6.72. The Morgan fingerprint density at radius 1 is 1.35 bits per heavy atom. The number of rotatable bonds is 2. The molecule has 3 aromatic rings. The molecule has 3 rings (SSSR count). The Hall–Kier alpha value is -2.63. The fraction of sp³-hybridized carbons (Fsp3) is 0.